The molecule has 0 atom stereocenters. The number of anilines is 1. The van der Waals surface area contributed by atoms with Crippen LogP contribution < -0.4 is 4.90 Å². The van der Waals surface area contributed by atoms with Crippen LogP contribution in [0.2, 0.25) is 0 Å². The first kappa shape index (κ1) is 24.7. The Kier molecular flexibility index (Phi) is 21.1. The first-order valence-electron chi connectivity index (χ1n) is 5.82. The minimum atomic E-state index is 0. The van der Waals surface area contributed by atoms with E-state index in [0.717, 1.165) is 11.3 Å². The smallest absolute Gasteiger partial charge is 0.214 e. The molecule has 0 aliphatic heterocycles. The number of hydrogen-bond acceptors (Lipinski definition) is 2. The number of benzene rings is 1. The SMILES string of the molecule is CN(C)c1ccc([CH-]C#N)cc1.[C-]#[O+].[C-]#[O+].[Fe+2].c1cc[cH-]c1. The van der Waals surface area contributed by atoms with Crippen LogP contribution in [0.5, 0.6) is 0 Å². The summed E-state index contributed by atoms with van der Waals surface area (Å²) < 4.78 is 15.0. The van der Waals surface area contributed by atoms with Gasteiger partial charge < -0.3 is 4.90 Å². The molecule has 5 heteroatoms. The molecule has 0 unspecified atom stereocenters. The van der Waals surface area contributed by atoms with Crippen molar-refractivity contribution in [2.75, 3.05) is 19.0 Å². The van der Waals surface area contributed by atoms with Gasteiger partial charge in [-0.2, -0.15) is 35.9 Å². The molecule has 114 valence electrons. The van der Waals surface area contributed by atoms with Crippen LogP contribution in [0.1, 0.15) is 5.56 Å². The molecule has 0 radical (unpaired) electrons. The third-order valence-corrected chi connectivity index (χ3v) is 2.20. The van der Waals surface area contributed by atoms with Gasteiger partial charge in [0.15, 0.2) is 0 Å². The van der Waals surface area contributed by atoms with Crippen molar-refractivity contribution in [2.45, 2.75) is 0 Å². The van der Waals surface area contributed by atoms with Gasteiger partial charge in [-0.25, -0.2) is 17.4 Å². The molecule has 2 aromatic carbocycles. The molecule has 0 aliphatic rings. The predicted octanol–water partition coefficient (Wildman–Crippen LogP) is 3.16. The van der Waals surface area contributed by atoms with E-state index in [2.05, 4.69) is 13.3 Å². The van der Waals surface area contributed by atoms with Crippen molar-refractivity contribution in [2.24, 2.45) is 0 Å². The summed E-state index contributed by atoms with van der Waals surface area (Å²) in [6, 6.07) is 19.8. The van der Waals surface area contributed by atoms with E-state index in [9.17, 15) is 0 Å². The second kappa shape index (κ2) is 18.7. The summed E-state index contributed by atoms with van der Waals surface area (Å²) in [4.78, 5) is 2.02. The maximum absolute atomic E-state index is 8.38. The normalized spacial score (nSPS) is 6.77. The van der Waals surface area contributed by atoms with Crippen LogP contribution in [-0.4, -0.2) is 14.1 Å². The minimum Gasteiger partial charge on any atom is -0.214 e. The van der Waals surface area contributed by atoms with Gasteiger partial charge in [-0.1, -0.05) is 18.6 Å². The Morgan fingerprint density at radius 2 is 1.50 bits per heavy atom. The van der Waals surface area contributed by atoms with Gasteiger partial charge in [-0.15, -0.1) is 0 Å². The molecular weight excluding hydrogens is 320 g/mol. The summed E-state index contributed by atoms with van der Waals surface area (Å²) in [6.07, 6.45) is 1.53. The zero-order valence-electron chi connectivity index (χ0n) is 12.3. The molecule has 2 aromatic rings. The quantitative estimate of drug-likeness (QED) is 0.480. The largest absolute Gasteiger partial charge is 2.00 e. The van der Waals surface area contributed by atoms with Crippen molar-refractivity contribution in [1.29, 1.82) is 5.26 Å². The molecule has 0 amide bonds. The van der Waals surface area contributed by atoms with Crippen molar-refractivity contribution in [3.8, 4) is 6.07 Å². The van der Waals surface area contributed by atoms with Gasteiger partial charge in [0.2, 0.25) is 0 Å². The Labute approximate surface area is 142 Å². The summed E-state index contributed by atoms with van der Waals surface area (Å²) in [5.41, 5.74) is 2.09. The van der Waals surface area contributed by atoms with Gasteiger partial charge >= 0.3 is 39.7 Å². The van der Waals surface area contributed by atoms with Gasteiger partial charge in [0.25, 0.3) is 0 Å². The summed E-state index contributed by atoms with van der Waals surface area (Å²) in [7, 11) is 3.98. The molecule has 0 N–H and O–H groups in total. The average molecular weight is 336 g/mol. The monoisotopic (exact) mass is 336 g/mol. The van der Waals surface area contributed by atoms with E-state index < -0.39 is 0 Å². The number of nitrogens with zero attached hydrogens (tertiary/aromatic N) is 2. The third-order valence-electron chi connectivity index (χ3n) is 2.20. The van der Waals surface area contributed by atoms with E-state index in [1.807, 2.05) is 79.7 Å². The van der Waals surface area contributed by atoms with Gasteiger partial charge in [-0.05, 0) is 0 Å². The molecule has 0 saturated heterocycles. The molecule has 4 nitrogen and oxygen atoms in total. The van der Waals surface area contributed by atoms with Gasteiger partial charge in [0.05, 0.1) is 0 Å². The second-order valence-corrected chi connectivity index (χ2v) is 3.72. The fraction of sp³-hybridized carbons (Fsp3) is 0.118. The topological polar surface area (TPSA) is 66.8 Å². The molecule has 0 bridgehead atoms. The van der Waals surface area contributed by atoms with Crippen LogP contribution in [0.15, 0.2) is 54.6 Å². The molecular formula is C17H16FeN2O2. The van der Waals surface area contributed by atoms with Crippen LogP contribution in [0.3, 0.4) is 0 Å². The van der Waals surface area contributed by atoms with Crippen LogP contribution in [-0.2, 0) is 26.4 Å². The first-order valence-corrected chi connectivity index (χ1v) is 5.82. The summed E-state index contributed by atoms with van der Waals surface area (Å²) >= 11 is 0. The van der Waals surface area contributed by atoms with E-state index in [1.165, 1.54) is 6.42 Å². The minimum absolute atomic E-state index is 0. The van der Waals surface area contributed by atoms with Gasteiger partial charge in [0.1, 0.15) is 0 Å². The maximum Gasteiger partial charge on any atom is 2.00 e. The Balaban J connectivity index is -0.000000303. The zero-order chi connectivity index (χ0) is 16.5. The van der Waals surface area contributed by atoms with Crippen LogP contribution in [0.25, 0.3) is 0 Å². The van der Waals surface area contributed by atoms with Crippen molar-refractivity contribution < 1.29 is 26.4 Å². The van der Waals surface area contributed by atoms with E-state index >= 15 is 0 Å². The number of nitriles is 1. The molecule has 2 rings (SSSR count). The molecule has 0 spiro atoms. The van der Waals surface area contributed by atoms with E-state index in [-0.39, 0.29) is 17.1 Å². The molecule has 22 heavy (non-hydrogen) atoms. The standard InChI is InChI=1S/C10H11N2.C5H5.2CO.Fe/c1-12(2)10-5-3-9(4-6-10)7-8-11;1-2-4-5-3-1;2*1-2;/h3-7H,1-2H3;1-5H;;;/q2*-1;;;+2. The molecule has 0 fully saturated rings. The Morgan fingerprint density at radius 1 is 1.05 bits per heavy atom. The van der Waals surface area contributed by atoms with Gasteiger partial charge in [0, 0.05) is 25.9 Å². The molecule has 0 saturated carbocycles. The fourth-order valence-electron chi connectivity index (χ4n) is 1.26. The third kappa shape index (κ3) is 12.7. The van der Waals surface area contributed by atoms with E-state index in [4.69, 9.17) is 14.6 Å². The zero-order valence-corrected chi connectivity index (χ0v) is 13.4. The van der Waals surface area contributed by atoms with Crippen LogP contribution >= 0.6 is 0 Å². The second-order valence-electron chi connectivity index (χ2n) is 3.72. The molecule has 0 aromatic heterocycles. The average Bonchev–Trinajstić information content (AvgIpc) is 3.12. The van der Waals surface area contributed by atoms with Crippen molar-refractivity contribution in [3.05, 3.63) is 79.9 Å². The summed E-state index contributed by atoms with van der Waals surface area (Å²) in [5, 5.41) is 8.38. The molecule has 0 heterocycles. The van der Waals surface area contributed by atoms with Crippen molar-refractivity contribution in [3.63, 3.8) is 0 Å². The summed E-state index contributed by atoms with van der Waals surface area (Å²) in [6.45, 7) is 9.00. The van der Waals surface area contributed by atoms with E-state index in [0.29, 0.717) is 0 Å². The fourth-order valence-corrected chi connectivity index (χ4v) is 1.26. The van der Waals surface area contributed by atoms with Crippen LogP contribution in [0, 0.1) is 31.1 Å². The summed E-state index contributed by atoms with van der Waals surface area (Å²) in [5.74, 6) is 0. The first-order chi connectivity index (χ1) is 10.2. The van der Waals surface area contributed by atoms with Gasteiger partial charge in [-0.3, -0.25) is 0 Å². The van der Waals surface area contributed by atoms with Crippen LogP contribution in [0.4, 0.5) is 5.69 Å². The Morgan fingerprint density at radius 3 is 1.77 bits per heavy atom. The van der Waals surface area contributed by atoms with Crippen molar-refractivity contribution in [1.82, 2.24) is 0 Å². The maximum atomic E-state index is 8.38. The Bertz CT molecular complexity index is 500. The number of hydrogen-bond donors (Lipinski definition) is 0. The van der Waals surface area contributed by atoms with Crippen molar-refractivity contribution >= 4 is 5.69 Å². The Hall–Kier alpha value is -2.27. The molecule has 0 aliphatic carbocycles. The predicted molar refractivity (Wildman–Crippen MR) is 79.7 cm³/mol. The number of rotatable bonds is 2. The van der Waals surface area contributed by atoms with E-state index in [1.54, 1.807) is 0 Å².